The second-order valence-corrected chi connectivity index (χ2v) is 5.14. The smallest absolute Gasteiger partial charge is 0.0566 e. The first-order valence-electron chi connectivity index (χ1n) is 5.41. The fourth-order valence-corrected chi connectivity index (χ4v) is 1.83. The highest BCUT2D eigenvalue weighted by molar-refractivity contribution is 4.85. The van der Waals surface area contributed by atoms with Crippen molar-refractivity contribution in [2.24, 2.45) is 10.8 Å². The fraction of sp³-hybridized carbons (Fsp3) is 1.00. The first kappa shape index (κ1) is 10.4. The molecule has 3 nitrogen and oxygen atoms in total. The molecule has 0 bridgehead atoms. The molecule has 0 N–H and O–H groups in total. The van der Waals surface area contributed by atoms with Gasteiger partial charge in [0, 0.05) is 10.8 Å². The molecule has 0 unspecified atom stereocenters. The highest BCUT2D eigenvalue weighted by Crippen LogP contribution is 2.33. The van der Waals surface area contributed by atoms with E-state index >= 15 is 0 Å². The third kappa shape index (κ3) is 1.95. The molecule has 2 saturated heterocycles. The first-order chi connectivity index (χ1) is 6.68. The van der Waals surface area contributed by atoms with Gasteiger partial charge in [0.15, 0.2) is 0 Å². The topological polar surface area (TPSA) is 27.7 Å². The van der Waals surface area contributed by atoms with E-state index in [0.29, 0.717) is 5.41 Å². The highest BCUT2D eigenvalue weighted by atomic mass is 16.5. The van der Waals surface area contributed by atoms with Gasteiger partial charge < -0.3 is 14.2 Å². The van der Waals surface area contributed by atoms with Gasteiger partial charge in [0.05, 0.1) is 39.6 Å². The van der Waals surface area contributed by atoms with Gasteiger partial charge in [0.25, 0.3) is 0 Å². The molecule has 0 aromatic carbocycles. The van der Waals surface area contributed by atoms with Crippen LogP contribution in [-0.4, -0.2) is 39.6 Å². The van der Waals surface area contributed by atoms with Gasteiger partial charge in [-0.3, -0.25) is 0 Å². The molecule has 82 valence electrons. The summed E-state index contributed by atoms with van der Waals surface area (Å²) < 4.78 is 16.2. The van der Waals surface area contributed by atoms with Crippen LogP contribution in [0.4, 0.5) is 0 Å². The van der Waals surface area contributed by atoms with E-state index in [1.54, 1.807) is 0 Å². The van der Waals surface area contributed by atoms with E-state index in [9.17, 15) is 0 Å². The lowest BCUT2D eigenvalue weighted by Crippen LogP contribution is -2.48. The maximum absolute atomic E-state index is 5.78. The summed E-state index contributed by atoms with van der Waals surface area (Å²) in [6, 6.07) is 0. The summed E-state index contributed by atoms with van der Waals surface area (Å²) in [7, 11) is 0. The zero-order chi connectivity index (χ0) is 10.1. The third-order valence-electron chi connectivity index (χ3n) is 3.33. The lowest BCUT2D eigenvalue weighted by molar-refractivity contribution is -0.181. The Labute approximate surface area is 85.7 Å². The maximum atomic E-state index is 5.78. The van der Waals surface area contributed by atoms with Gasteiger partial charge in [-0.25, -0.2) is 0 Å². The molecule has 2 rings (SSSR count). The normalized spacial score (nSPS) is 27.9. The average Bonchev–Trinajstić information content (AvgIpc) is 2.07. The van der Waals surface area contributed by atoms with Crippen molar-refractivity contribution in [2.75, 3.05) is 39.6 Å². The molecule has 0 saturated carbocycles. The average molecular weight is 200 g/mol. The maximum Gasteiger partial charge on any atom is 0.0566 e. The third-order valence-corrected chi connectivity index (χ3v) is 3.33. The summed E-state index contributed by atoms with van der Waals surface area (Å²) in [5, 5.41) is 0. The quantitative estimate of drug-likeness (QED) is 0.672. The SMILES string of the molecule is CCC1(COCC2(C)COC2)COC1. The van der Waals surface area contributed by atoms with Crippen molar-refractivity contribution in [3.63, 3.8) is 0 Å². The summed E-state index contributed by atoms with van der Waals surface area (Å²) in [5.41, 5.74) is 0.598. The Morgan fingerprint density at radius 1 is 1.07 bits per heavy atom. The monoisotopic (exact) mass is 200 g/mol. The highest BCUT2D eigenvalue weighted by Gasteiger charge is 2.39. The van der Waals surface area contributed by atoms with E-state index in [0.717, 1.165) is 46.1 Å². The molecule has 14 heavy (non-hydrogen) atoms. The molecule has 2 heterocycles. The molecule has 3 heteroatoms. The van der Waals surface area contributed by atoms with Crippen molar-refractivity contribution < 1.29 is 14.2 Å². The van der Waals surface area contributed by atoms with Crippen LogP contribution >= 0.6 is 0 Å². The molecule has 0 atom stereocenters. The minimum atomic E-state index is 0.277. The van der Waals surface area contributed by atoms with E-state index in [1.807, 2.05) is 0 Å². The van der Waals surface area contributed by atoms with Crippen molar-refractivity contribution in [1.82, 2.24) is 0 Å². The summed E-state index contributed by atoms with van der Waals surface area (Å²) >= 11 is 0. The van der Waals surface area contributed by atoms with Gasteiger partial charge in [-0.15, -0.1) is 0 Å². The van der Waals surface area contributed by atoms with Crippen LogP contribution in [0.15, 0.2) is 0 Å². The van der Waals surface area contributed by atoms with E-state index in [4.69, 9.17) is 14.2 Å². The van der Waals surface area contributed by atoms with Gasteiger partial charge in [0.1, 0.15) is 0 Å². The number of hydrogen-bond donors (Lipinski definition) is 0. The summed E-state index contributed by atoms with van der Waals surface area (Å²) in [4.78, 5) is 0. The molecule has 0 radical (unpaired) electrons. The van der Waals surface area contributed by atoms with Crippen molar-refractivity contribution >= 4 is 0 Å². The fourth-order valence-electron chi connectivity index (χ4n) is 1.83. The second-order valence-electron chi connectivity index (χ2n) is 5.14. The van der Waals surface area contributed by atoms with Gasteiger partial charge >= 0.3 is 0 Å². The molecular formula is C11H20O3. The van der Waals surface area contributed by atoms with E-state index in [-0.39, 0.29) is 5.41 Å². The Kier molecular flexibility index (Phi) is 2.82. The van der Waals surface area contributed by atoms with Crippen LogP contribution in [0.5, 0.6) is 0 Å². The van der Waals surface area contributed by atoms with Crippen LogP contribution in [0, 0.1) is 10.8 Å². The predicted octanol–water partition coefficient (Wildman–Crippen LogP) is 1.47. The minimum absolute atomic E-state index is 0.277. The first-order valence-corrected chi connectivity index (χ1v) is 5.41. The van der Waals surface area contributed by atoms with E-state index in [2.05, 4.69) is 13.8 Å². The Balaban J connectivity index is 1.66. The zero-order valence-electron chi connectivity index (χ0n) is 9.17. The van der Waals surface area contributed by atoms with E-state index < -0.39 is 0 Å². The number of ether oxygens (including phenoxy) is 3. The lowest BCUT2D eigenvalue weighted by atomic mass is 9.84. The Morgan fingerprint density at radius 3 is 2.07 bits per heavy atom. The molecule has 0 aromatic rings. The largest absolute Gasteiger partial charge is 0.380 e. The number of hydrogen-bond acceptors (Lipinski definition) is 3. The summed E-state index contributed by atoms with van der Waals surface area (Å²) in [6.07, 6.45) is 1.15. The Bertz CT molecular complexity index is 189. The van der Waals surface area contributed by atoms with Crippen LogP contribution < -0.4 is 0 Å². The van der Waals surface area contributed by atoms with Crippen molar-refractivity contribution in [3.05, 3.63) is 0 Å². The van der Waals surface area contributed by atoms with Gasteiger partial charge in [0.2, 0.25) is 0 Å². The molecule has 0 spiro atoms. The summed E-state index contributed by atoms with van der Waals surface area (Å²) in [5.74, 6) is 0. The zero-order valence-corrected chi connectivity index (χ0v) is 9.17. The lowest BCUT2D eigenvalue weighted by Gasteiger charge is -2.42. The standard InChI is InChI=1S/C11H20O3/c1-3-11(8-14-9-11)7-13-6-10(2)4-12-5-10/h3-9H2,1-2H3. The summed E-state index contributed by atoms with van der Waals surface area (Å²) in [6.45, 7) is 9.54. The minimum Gasteiger partial charge on any atom is -0.380 e. The van der Waals surface area contributed by atoms with Crippen LogP contribution in [0.25, 0.3) is 0 Å². The van der Waals surface area contributed by atoms with Gasteiger partial charge in [-0.2, -0.15) is 0 Å². The van der Waals surface area contributed by atoms with Crippen molar-refractivity contribution in [1.29, 1.82) is 0 Å². The van der Waals surface area contributed by atoms with Crippen LogP contribution in [0.1, 0.15) is 20.3 Å². The van der Waals surface area contributed by atoms with Gasteiger partial charge in [-0.05, 0) is 6.42 Å². The number of rotatable bonds is 5. The van der Waals surface area contributed by atoms with Crippen molar-refractivity contribution in [2.45, 2.75) is 20.3 Å². The van der Waals surface area contributed by atoms with Crippen molar-refractivity contribution in [3.8, 4) is 0 Å². The molecule has 2 fully saturated rings. The van der Waals surface area contributed by atoms with Gasteiger partial charge in [-0.1, -0.05) is 13.8 Å². The Morgan fingerprint density at radius 2 is 1.71 bits per heavy atom. The predicted molar refractivity (Wildman–Crippen MR) is 53.3 cm³/mol. The molecule has 2 aliphatic rings. The second kappa shape index (κ2) is 3.80. The molecule has 0 aliphatic carbocycles. The molecule has 2 aliphatic heterocycles. The van der Waals surface area contributed by atoms with Crippen LogP contribution in [0.2, 0.25) is 0 Å². The molecule has 0 aromatic heterocycles. The molecular weight excluding hydrogens is 180 g/mol. The molecule has 0 amide bonds. The van der Waals surface area contributed by atoms with Crippen LogP contribution in [0.3, 0.4) is 0 Å². The van der Waals surface area contributed by atoms with Crippen LogP contribution in [-0.2, 0) is 14.2 Å². The Hall–Kier alpha value is -0.120. The van der Waals surface area contributed by atoms with E-state index in [1.165, 1.54) is 0 Å².